The maximum absolute atomic E-state index is 13.4. The van der Waals surface area contributed by atoms with Crippen LogP contribution in [0, 0.1) is 13.8 Å². The van der Waals surface area contributed by atoms with Crippen LogP contribution in [0.2, 0.25) is 10.0 Å². The number of ketones is 1. The average Bonchev–Trinajstić information content (AvgIpc) is 3.10. The Hall–Kier alpha value is -3.68. The molecule has 3 aromatic rings. The minimum atomic E-state index is -1.05. The second-order valence-electron chi connectivity index (χ2n) is 8.36. The topological polar surface area (TPSA) is 96.3 Å². The minimum Gasteiger partial charge on any atom is -0.507 e. The van der Waals surface area contributed by atoms with Crippen molar-refractivity contribution in [1.82, 2.24) is 0 Å². The highest BCUT2D eigenvalue weighted by molar-refractivity contribution is 6.52. The van der Waals surface area contributed by atoms with Crippen molar-refractivity contribution in [3.05, 3.63) is 86.4 Å². The smallest absolute Gasteiger partial charge is 0.300 e. The molecule has 186 valence electrons. The van der Waals surface area contributed by atoms with Crippen LogP contribution in [0.15, 0.2) is 54.1 Å². The number of ether oxygens (including phenoxy) is 2. The number of phenolic OH excluding ortho intramolecular Hbond substituents is 1. The van der Waals surface area contributed by atoms with E-state index in [0.29, 0.717) is 5.56 Å². The number of anilines is 1. The number of Topliss-reactive ketones (excluding diaryl/α,β-unsaturated/α-hetero) is 1. The van der Waals surface area contributed by atoms with E-state index in [9.17, 15) is 19.8 Å². The highest BCUT2D eigenvalue weighted by Crippen LogP contribution is 2.49. The molecule has 1 atom stereocenters. The molecule has 7 nitrogen and oxygen atoms in total. The Bertz CT molecular complexity index is 1430. The zero-order valence-corrected chi connectivity index (χ0v) is 21.4. The summed E-state index contributed by atoms with van der Waals surface area (Å²) in [5.74, 6) is -2.42. The number of carbonyl (C=O) groups is 2. The van der Waals surface area contributed by atoms with Crippen LogP contribution in [0.3, 0.4) is 0 Å². The number of hydrogen-bond donors (Lipinski definition) is 2. The third-order valence-electron chi connectivity index (χ3n) is 5.99. The van der Waals surface area contributed by atoms with Crippen molar-refractivity contribution in [2.45, 2.75) is 19.9 Å². The molecule has 1 heterocycles. The van der Waals surface area contributed by atoms with Gasteiger partial charge in [0, 0.05) is 0 Å². The molecule has 1 unspecified atom stereocenters. The molecular formula is C27H23Cl2NO6. The number of aliphatic hydroxyl groups is 1. The lowest BCUT2D eigenvalue weighted by Crippen LogP contribution is -2.29. The molecule has 1 amide bonds. The number of aromatic hydroxyl groups is 1. The molecule has 3 aromatic carbocycles. The van der Waals surface area contributed by atoms with Crippen molar-refractivity contribution < 1.29 is 29.3 Å². The molecule has 0 saturated carbocycles. The van der Waals surface area contributed by atoms with Crippen LogP contribution in [0.1, 0.15) is 28.3 Å². The van der Waals surface area contributed by atoms with Crippen LogP contribution in [0.4, 0.5) is 5.69 Å². The van der Waals surface area contributed by atoms with Crippen LogP contribution in [0.25, 0.3) is 5.76 Å². The predicted molar refractivity (Wildman–Crippen MR) is 138 cm³/mol. The van der Waals surface area contributed by atoms with E-state index >= 15 is 0 Å². The second kappa shape index (κ2) is 9.76. The number of rotatable bonds is 5. The van der Waals surface area contributed by atoms with Gasteiger partial charge in [-0.1, -0.05) is 59.1 Å². The first-order chi connectivity index (χ1) is 17.1. The standard InChI is InChI=1S/C27H23Cl2NO6/c1-13-6-5-7-15(10-13)22-20(23(32)16-12-17(28)26(36-4)21(29)25(16)35-3)24(33)27(34)30(22)18-11-14(2)8-9-19(18)31/h5-12,22,31-32H,1-4H3/b23-20+. The summed E-state index contributed by atoms with van der Waals surface area (Å²) in [6, 6.07) is 12.2. The van der Waals surface area contributed by atoms with E-state index in [2.05, 4.69) is 0 Å². The van der Waals surface area contributed by atoms with E-state index < -0.39 is 23.5 Å². The van der Waals surface area contributed by atoms with Crippen LogP contribution in [0.5, 0.6) is 17.2 Å². The van der Waals surface area contributed by atoms with E-state index in [1.54, 1.807) is 37.3 Å². The molecule has 2 N–H and O–H groups in total. The number of halogens is 2. The van der Waals surface area contributed by atoms with Crippen LogP contribution < -0.4 is 14.4 Å². The summed E-state index contributed by atoms with van der Waals surface area (Å²) in [4.78, 5) is 28.0. The highest BCUT2D eigenvalue weighted by Gasteiger charge is 2.48. The number of aryl methyl sites for hydroxylation is 2. The van der Waals surface area contributed by atoms with Gasteiger partial charge in [-0.15, -0.1) is 0 Å². The van der Waals surface area contributed by atoms with E-state index in [1.807, 2.05) is 13.0 Å². The zero-order chi connectivity index (χ0) is 26.3. The lowest BCUT2D eigenvalue weighted by atomic mass is 9.93. The summed E-state index contributed by atoms with van der Waals surface area (Å²) < 4.78 is 10.6. The van der Waals surface area contributed by atoms with Gasteiger partial charge in [0.05, 0.1) is 42.1 Å². The number of amides is 1. The number of aliphatic hydroxyl groups excluding tert-OH is 1. The molecule has 9 heteroatoms. The SMILES string of the molecule is COc1c(Cl)cc(/C(O)=C2\C(=O)C(=O)N(c3cc(C)ccc3O)C2c2cccc(C)c2)c(OC)c1Cl. The maximum atomic E-state index is 13.4. The Morgan fingerprint density at radius 2 is 1.61 bits per heavy atom. The molecule has 0 radical (unpaired) electrons. The lowest BCUT2D eigenvalue weighted by molar-refractivity contribution is -0.132. The Morgan fingerprint density at radius 1 is 0.944 bits per heavy atom. The predicted octanol–water partition coefficient (Wildman–Crippen LogP) is 5.96. The summed E-state index contributed by atoms with van der Waals surface area (Å²) in [5.41, 5.74) is 2.14. The minimum absolute atomic E-state index is 0.00767. The Morgan fingerprint density at radius 3 is 2.25 bits per heavy atom. The van der Waals surface area contributed by atoms with Gasteiger partial charge >= 0.3 is 0 Å². The Balaban J connectivity index is 2.06. The van der Waals surface area contributed by atoms with Crippen molar-refractivity contribution in [1.29, 1.82) is 0 Å². The normalized spacial score (nSPS) is 16.9. The number of carbonyl (C=O) groups excluding carboxylic acids is 2. The second-order valence-corrected chi connectivity index (χ2v) is 9.15. The van der Waals surface area contributed by atoms with E-state index in [4.69, 9.17) is 32.7 Å². The molecule has 1 saturated heterocycles. The summed E-state index contributed by atoms with van der Waals surface area (Å²) in [6.45, 7) is 3.67. The van der Waals surface area contributed by atoms with Crippen LogP contribution >= 0.6 is 23.2 Å². The summed E-state index contributed by atoms with van der Waals surface area (Å²) >= 11 is 12.7. The largest absolute Gasteiger partial charge is 0.507 e. The van der Waals surface area contributed by atoms with Gasteiger partial charge in [-0.2, -0.15) is 0 Å². The molecule has 0 bridgehead atoms. The van der Waals surface area contributed by atoms with Gasteiger partial charge in [-0.25, -0.2) is 0 Å². The molecule has 0 aromatic heterocycles. The molecular weight excluding hydrogens is 505 g/mol. The van der Waals surface area contributed by atoms with Gasteiger partial charge in [0.15, 0.2) is 11.5 Å². The monoisotopic (exact) mass is 527 g/mol. The van der Waals surface area contributed by atoms with E-state index in [0.717, 1.165) is 11.1 Å². The number of hydrogen-bond acceptors (Lipinski definition) is 6. The molecule has 1 fully saturated rings. The fourth-order valence-corrected chi connectivity index (χ4v) is 5.04. The molecule has 1 aliphatic heterocycles. The van der Waals surface area contributed by atoms with Crippen LogP contribution in [-0.4, -0.2) is 36.1 Å². The Labute approximate surface area is 218 Å². The van der Waals surface area contributed by atoms with Gasteiger partial charge in [-0.05, 0) is 43.2 Å². The van der Waals surface area contributed by atoms with Crippen molar-refractivity contribution in [3.63, 3.8) is 0 Å². The first-order valence-corrected chi connectivity index (χ1v) is 11.6. The molecule has 36 heavy (non-hydrogen) atoms. The summed E-state index contributed by atoms with van der Waals surface area (Å²) in [7, 11) is 2.72. The van der Waals surface area contributed by atoms with Crippen molar-refractivity contribution in [2.24, 2.45) is 0 Å². The maximum Gasteiger partial charge on any atom is 0.300 e. The van der Waals surface area contributed by atoms with Crippen LogP contribution in [-0.2, 0) is 9.59 Å². The number of nitrogens with zero attached hydrogens (tertiary/aromatic N) is 1. The van der Waals surface area contributed by atoms with Gasteiger partial charge in [0.25, 0.3) is 11.7 Å². The highest BCUT2D eigenvalue weighted by atomic mass is 35.5. The van der Waals surface area contributed by atoms with Gasteiger partial charge in [0.2, 0.25) is 0 Å². The first-order valence-electron chi connectivity index (χ1n) is 10.9. The number of phenols is 1. The van der Waals surface area contributed by atoms with Gasteiger partial charge < -0.3 is 19.7 Å². The van der Waals surface area contributed by atoms with Crippen molar-refractivity contribution in [3.8, 4) is 17.2 Å². The van der Waals surface area contributed by atoms with Gasteiger partial charge in [0.1, 0.15) is 16.5 Å². The van der Waals surface area contributed by atoms with E-state index in [-0.39, 0.29) is 44.1 Å². The number of benzene rings is 3. The molecule has 4 rings (SSSR count). The van der Waals surface area contributed by atoms with Crippen molar-refractivity contribution >= 4 is 46.3 Å². The third kappa shape index (κ3) is 4.14. The fourth-order valence-electron chi connectivity index (χ4n) is 4.35. The fraction of sp³-hybridized carbons (Fsp3) is 0.185. The number of methoxy groups -OCH3 is 2. The summed E-state index contributed by atoms with van der Waals surface area (Å²) in [5, 5.41) is 22.2. The molecule has 0 aliphatic carbocycles. The van der Waals surface area contributed by atoms with Gasteiger partial charge in [-0.3, -0.25) is 14.5 Å². The molecule has 0 spiro atoms. The average molecular weight is 528 g/mol. The summed E-state index contributed by atoms with van der Waals surface area (Å²) in [6.07, 6.45) is 0. The zero-order valence-electron chi connectivity index (χ0n) is 19.9. The van der Waals surface area contributed by atoms with Crippen molar-refractivity contribution in [2.75, 3.05) is 19.1 Å². The quantitative estimate of drug-likeness (QED) is 0.241. The molecule has 1 aliphatic rings. The Kier molecular flexibility index (Phi) is 6.89. The third-order valence-corrected chi connectivity index (χ3v) is 6.61. The first kappa shape index (κ1) is 25.4. The van der Waals surface area contributed by atoms with E-state index in [1.165, 1.54) is 31.3 Å². The lowest BCUT2D eigenvalue weighted by Gasteiger charge is -2.26.